The van der Waals surface area contributed by atoms with Crippen LogP contribution in [0.1, 0.15) is 11.1 Å². The Morgan fingerprint density at radius 1 is 1.08 bits per heavy atom. The average molecular weight is 377 g/mol. The number of carbonyl (C=O) groups is 1. The molecule has 0 spiro atoms. The lowest BCUT2D eigenvalue weighted by Crippen LogP contribution is -2.50. The van der Waals surface area contributed by atoms with Crippen LogP contribution in [-0.2, 0) is 14.8 Å². The fourth-order valence-electron chi connectivity index (χ4n) is 2.64. The molecule has 132 valence electrons. The van der Waals surface area contributed by atoms with E-state index in [1.807, 2.05) is 31.2 Å². The lowest BCUT2D eigenvalue weighted by atomic mass is 10.1. The van der Waals surface area contributed by atoms with Crippen molar-refractivity contribution in [1.29, 1.82) is 0 Å². The summed E-state index contributed by atoms with van der Waals surface area (Å²) in [5.74, 6) is -0.0891. The van der Waals surface area contributed by atoms with Crippen LogP contribution in [0.3, 0.4) is 0 Å². The summed E-state index contributed by atoms with van der Waals surface area (Å²) in [4.78, 5) is 14.0. The lowest BCUT2D eigenvalue weighted by Gasteiger charge is -2.33. The van der Waals surface area contributed by atoms with Crippen molar-refractivity contribution >= 4 is 33.3 Å². The predicted molar refractivity (Wildman–Crippen MR) is 99.9 cm³/mol. The molecule has 2 heterocycles. The molecule has 5 nitrogen and oxygen atoms in total. The minimum Gasteiger partial charge on any atom is -0.337 e. The van der Waals surface area contributed by atoms with E-state index in [2.05, 4.69) is 0 Å². The summed E-state index contributed by atoms with van der Waals surface area (Å²) >= 11 is 1.22. The molecule has 1 fully saturated rings. The average Bonchev–Trinajstić information content (AvgIpc) is 3.16. The number of rotatable bonds is 4. The van der Waals surface area contributed by atoms with Gasteiger partial charge >= 0.3 is 0 Å². The van der Waals surface area contributed by atoms with E-state index in [0.29, 0.717) is 30.4 Å². The van der Waals surface area contributed by atoms with Crippen LogP contribution >= 0.6 is 11.3 Å². The molecule has 1 saturated heterocycles. The molecule has 1 aliphatic heterocycles. The van der Waals surface area contributed by atoms with E-state index in [4.69, 9.17) is 0 Å². The van der Waals surface area contributed by atoms with Gasteiger partial charge in [-0.2, -0.15) is 4.31 Å². The summed E-state index contributed by atoms with van der Waals surface area (Å²) in [5, 5.41) is 1.75. The van der Waals surface area contributed by atoms with E-state index in [9.17, 15) is 13.2 Å². The molecule has 0 aliphatic carbocycles. The first-order valence-corrected chi connectivity index (χ1v) is 10.4. The van der Waals surface area contributed by atoms with Gasteiger partial charge in [-0.1, -0.05) is 35.9 Å². The van der Waals surface area contributed by atoms with Crippen molar-refractivity contribution in [2.24, 2.45) is 0 Å². The zero-order valence-electron chi connectivity index (χ0n) is 14.0. The van der Waals surface area contributed by atoms with Crippen LogP contribution in [0.25, 0.3) is 6.08 Å². The van der Waals surface area contributed by atoms with Gasteiger partial charge in [0.25, 0.3) is 10.0 Å². The van der Waals surface area contributed by atoms with Gasteiger partial charge in [0.15, 0.2) is 0 Å². The molecule has 1 aliphatic rings. The molecule has 0 saturated carbocycles. The number of amides is 1. The van der Waals surface area contributed by atoms with Crippen molar-refractivity contribution in [1.82, 2.24) is 9.21 Å². The molecule has 1 aromatic heterocycles. The summed E-state index contributed by atoms with van der Waals surface area (Å²) < 4.78 is 26.8. The van der Waals surface area contributed by atoms with Gasteiger partial charge in [-0.05, 0) is 30.0 Å². The van der Waals surface area contributed by atoms with E-state index in [1.54, 1.807) is 34.6 Å². The Hall–Kier alpha value is -1.96. The van der Waals surface area contributed by atoms with E-state index in [-0.39, 0.29) is 5.91 Å². The summed E-state index contributed by atoms with van der Waals surface area (Å²) in [6.07, 6.45) is 3.34. The number of aryl methyl sites for hydroxylation is 1. The third kappa shape index (κ3) is 4.18. The highest BCUT2D eigenvalue weighted by Crippen LogP contribution is 2.22. The van der Waals surface area contributed by atoms with Crippen molar-refractivity contribution in [2.45, 2.75) is 11.1 Å². The fourth-order valence-corrected chi connectivity index (χ4v) is 5.20. The lowest BCUT2D eigenvalue weighted by molar-refractivity contribution is -0.127. The van der Waals surface area contributed by atoms with Crippen molar-refractivity contribution < 1.29 is 13.2 Å². The molecule has 7 heteroatoms. The van der Waals surface area contributed by atoms with E-state index < -0.39 is 10.0 Å². The maximum absolute atomic E-state index is 12.5. The van der Waals surface area contributed by atoms with Crippen molar-refractivity contribution in [2.75, 3.05) is 26.2 Å². The molecule has 0 N–H and O–H groups in total. The van der Waals surface area contributed by atoms with E-state index >= 15 is 0 Å². The first-order chi connectivity index (χ1) is 12.0. The van der Waals surface area contributed by atoms with Crippen LogP contribution in [-0.4, -0.2) is 49.7 Å². The Morgan fingerprint density at radius 3 is 2.36 bits per heavy atom. The minimum atomic E-state index is -3.43. The normalized spacial score (nSPS) is 16.4. The van der Waals surface area contributed by atoms with Crippen LogP contribution < -0.4 is 0 Å². The number of hydrogen-bond acceptors (Lipinski definition) is 4. The molecular formula is C18H20N2O3S2. The number of carbonyl (C=O) groups excluding carboxylic acids is 1. The Bertz CT molecular complexity index is 848. The molecule has 25 heavy (non-hydrogen) atoms. The van der Waals surface area contributed by atoms with Crippen LogP contribution in [0.4, 0.5) is 0 Å². The molecule has 2 aromatic rings. The smallest absolute Gasteiger partial charge is 0.252 e. The zero-order chi connectivity index (χ0) is 17.9. The van der Waals surface area contributed by atoms with Crippen LogP contribution in [0.15, 0.2) is 52.1 Å². The van der Waals surface area contributed by atoms with Crippen molar-refractivity contribution in [3.8, 4) is 0 Å². The van der Waals surface area contributed by atoms with Gasteiger partial charge in [0, 0.05) is 32.3 Å². The second kappa shape index (κ2) is 7.51. The maximum Gasteiger partial charge on any atom is 0.252 e. The summed E-state index contributed by atoms with van der Waals surface area (Å²) in [6, 6.07) is 11.3. The number of nitrogens with zero attached hydrogens (tertiary/aromatic N) is 2. The SMILES string of the molecule is Cc1ccc(/C=C/C(=O)N2CCN(S(=O)(=O)c3cccs3)CC2)cc1. The van der Waals surface area contributed by atoms with E-state index in [0.717, 1.165) is 5.56 Å². The Balaban J connectivity index is 1.58. The highest BCUT2D eigenvalue weighted by molar-refractivity contribution is 7.91. The second-order valence-corrected chi connectivity index (χ2v) is 9.02. The zero-order valence-corrected chi connectivity index (χ0v) is 15.6. The quantitative estimate of drug-likeness (QED) is 0.771. The van der Waals surface area contributed by atoms with Gasteiger partial charge in [0.1, 0.15) is 4.21 Å². The molecular weight excluding hydrogens is 356 g/mol. The third-order valence-corrected chi connectivity index (χ3v) is 7.41. The topological polar surface area (TPSA) is 57.7 Å². The van der Waals surface area contributed by atoms with Gasteiger partial charge in [-0.25, -0.2) is 8.42 Å². The predicted octanol–water partition coefficient (Wildman–Crippen LogP) is 2.60. The van der Waals surface area contributed by atoms with Gasteiger partial charge in [-0.15, -0.1) is 11.3 Å². The third-order valence-electron chi connectivity index (χ3n) is 4.14. The van der Waals surface area contributed by atoms with Crippen LogP contribution in [0.2, 0.25) is 0 Å². The Labute approximate surface area is 152 Å². The minimum absolute atomic E-state index is 0.0891. The van der Waals surface area contributed by atoms with Gasteiger partial charge in [-0.3, -0.25) is 4.79 Å². The Kier molecular flexibility index (Phi) is 5.36. The highest BCUT2D eigenvalue weighted by atomic mass is 32.2. The number of benzene rings is 1. The van der Waals surface area contributed by atoms with Gasteiger partial charge < -0.3 is 4.90 Å². The molecule has 3 rings (SSSR count). The molecule has 1 aromatic carbocycles. The van der Waals surface area contributed by atoms with Gasteiger partial charge in [0.05, 0.1) is 0 Å². The molecule has 1 amide bonds. The van der Waals surface area contributed by atoms with Crippen LogP contribution in [0.5, 0.6) is 0 Å². The van der Waals surface area contributed by atoms with Gasteiger partial charge in [0.2, 0.25) is 5.91 Å². The fraction of sp³-hybridized carbons (Fsp3) is 0.278. The molecule has 0 bridgehead atoms. The summed E-state index contributed by atoms with van der Waals surface area (Å²) in [7, 11) is -3.43. The van der Waals surface area contributed by atoms with Crippen LogP contribution in [0, 0.1) is 6.92 Å². The molecule has 0 radical (unpaired) electrons. The first-order valence-electron chi connectivity index (χ1n) is 8.04. The highest BCUT2D eigenvalue weighted by Gasteiger charge is 2.30. The van der Waals surface area contributed by atoms with E-state index in [1.165, 1.54) is 21.2 Å². The number of thiophene rings is 1. The summed E-state index contributed by atoms with van der Waals surface area (Å²) in [5.41, 5.74) is 2.14. The molecule has 0 atom stereocenters. The number of piperazine rings is 1. The Morgan fingerprint density at radius 2 is 1.76 bits per heavy atom. The van der Waals surface area contributed by atoms with Crippen molar-refractivity contribution in [3.05, 3.63) is 59.0 Å². The second-order valence-electron chi connectivity index (χ2n) is 5.91. The first kappa shape index (κ1) is 17.8. The number of sulfonamides is 1. The monoisotopic (exact) mass is 376 g/mol. The largest absolute Gasteiger partial charge is 0.337 e. The standard InChI is InChI=1S/C18H20N2O3S2/c1-15-4-6-16(7-5-15)8-9-17(21)19-10-12-20(13-11-19)25(22,23)18-3-2-14-24-18/h2-9,14H,10-13H2,1H3/b9-8+. The molecule has 0 unspecified atom stereocenters. The number of hydrogen-bond donors (Lipinski definition) is 0. The summed E-state index contributed by atoms with van der Waals surface area (Å²) in [6.45, 7) is 3.47. The maximum atomic E-state index is 12.5. The van der Waals surface area contributed by atoms with Crippen molar-refractivity contribution in [3.63, 3.8) is 0 Å².